The summed E-state index contributed by atoms with van der Waals surface area (Å²) < 4.78 is 5.33. The van der Waals surface area contributed by atoms with E-state index in [1.54, 1.807) is 50.5 Å². The maximum atomic E-state index is 12.5. The fourth-order valence-corrected chi connectivity index (χ4v) is 3.21. The van der Waals surface area contributed by atoms with Crippen molar-refractivity contribution in [3.63, 3.8) is 0 Å². The van der Waals surface area contributed by atoms with E-state index in [-0.39, 0.29) is 11.7 Å². The molecule has 2 aromatic rings. The molecule has 2 amide bonds. The molecule has 28 heavy (non-hydrogen) atoms. The lowest BCUT2D eigenvalue weighted by Gasteiger charge is -2.15. The second-order valence-electron chi connectivity index (χ2n) is 6.48. The van der Waals surface area contributed by atoms with Gasteiger partial charge in [0.1, 0.15) is 0 Å². The van der Waals surface area contributed by atoms with Crippen molar-refractivity contribution < 1.29 is 19.1 Å². The van der Waals surface area contributed by atoms with Gasteiger partial charge in [0.15, 0.2) is 6.10 Å². The number of anilines is 1. The van der Waals surface area contributed by atoms with Crippen LogP contribution in [-0.4, -0.2) is 48.6 Å². The van der Waals surface area contributed by atoms with E-state index in [1.165, 1.54) is 23.6 Å². The number of benzene rings is 2. The molecule has 1 N–H and O–H groups in total. The highest BCUT2D eigenvalue weighted by atomic mass is 32.2. The van der Waals surface area contributed by atoms with Crippen LogP contribution in [0.4, 0.5) is 5.69 Å². The van der Waals surface area contributed by atoms with Gasteiger partial charge in [-0.05, 0) is 38.1 Å². The van der Waals surface area contributed by atoms with Crippen molar-refractivity contribution in [1.29, 1.82) is 0 Å². The zero-order valence-corrected chi connectivity index (χ0v) is 17.2. The summed E-state index contributed by atoms with van der Waals surface area (Å²) in [6, 6.07) is 14.2. The predicted molar refractivity (Wildman–Crippen MR) is 111 cm³/mol. The fourth-order valence-electron chi connectivity index (χ4n) is 2.19. The van der Waals surface area contributed by atoms with Gasteiger partial charge >= 0.3 is 5.97 Å². The molecule has 7 heteroatoms. The van der Waals surface area contributed by atoms with Crippen LogP contribution in [0.25, 0.3) is 0 Å². The molecule has 0 spiro atoms. The van der Waals surface area contributed by atoms with Crippen LogP contribution in [0.1, 0.15) is 22.8 Å². The van der Waals surface area contributed by atoms with E-state index in [0.717, 1.165) is 5.56 Å². The Morgan fingerprint density at radius 2 is 1.71 bits per heavy atom. The van der Waals surface area contributed by atoms with Crippen LogP contribution in [0.15, 0.2) is 53.4 Å². The molecule has 0 aliphatic heterocycles. The third kappa shape index (κ3) is 6.13. The first-order valence-electron chi connectivity index (χ1n) is 8.78. The predicted octanol–water partition coefficient (Wildman–Crippen LogP) is 3.36. The first-order chi connectivity index (χ1) is 13.3. The van der Waals surface area contributed by atoms with Crippen LogP contribution >= 0.6 is 11.8 Å². The molecule has 0 radical (unpaired) electrons. The Balaban J connectivity index is 2.00. The van der Waals surface area contributed by atoms with Gasteiger partial charge in [-0.2, -0.15) is 0 Å². The Bertz CT molecular complexity index is 850. The van der Waals surface area contributed by atoms with Crippen LogP contribution < -0.4 is 5.32 Å². The number of amides is 2. The summed E-state index contributed by atoms with van der Waals surface area (Å²) in [5.41, 5.74) is 2.05. The van der Waals surface area contributed by atoms with Crippen molar-refractivity contribution >= 4 is 35.2 Å². The lowest BCUT2D eigenvalue weighted by atomic mass is 10.2. The summed E-state index contributed by atoms with van der Waals surface area (Å²) in [6.45, 7) is 3.48. The molecule has 0 aliphatic rings. The monoisotopic (exact) mass is 400 g/mol. The van der Waals surface area contributed by atoms with Gasteiger partial charge in [-0.15, -0.1) is 11.8 Å². The Hall–Kier alpha value is -2.80. The van der Waals surface area contributed by atoms with Gasteiger partial charge in [0, 0.05) is 24.7 Å². The maximum absolute atomic E-state index is 12.5. The van der Waals surface area contributed by atoms with Gasteiger partial charge in [-0.1, -0.05) is 29.8 Å². The van der Waals surface area contributed by atoms with E-state index in [9.17, 15) is 14.4 Å². The van der Waals surface area contributed by atoms with E-state index in [2.05, 4.69) is 5.32 Å². The van der Waals surface area contributed by atoms with Gasteiger partial charge in [0.05, 0.1) is 11.3 Å². The lowest BCUT2D eigenvalue weighted by molar-refractivity contribution is -0.126. The SMILES string of the molecule is Cc1ccc(NC(=O)[C@@H](C)OC(=O)c2ccccc2SCC(=O)N(C)C)cc1. The zero-order valence-electron chi connectivity index (χ0n) is 16.4. The number of carbonyl (C=O) groups is 3. The third-order valence-electron chi connectivity index (χ3n) is 3.93. The quantitative estimate of drug-likeness (QED) is 0.570. The Labute approximate surface area is 169 Å². The average Bonchev–Trinajstić information content (AvgIpc) is 2.67. The molecule has 0 heterocycles. The molecule has 1 atom stereocenters. The number of nitrogens with zero attached hydrogens (tertiary/aromatic N) is 1. The summed E-state index contributed by atoms with van der Waals surface area (Å²) in [6.07, 6.45) is -0.963. The summed E-state index contributed by atoms with van der Waals surface area (Å²) in [4.78, 5) is 38.8. The Kier molecular flexibility index (Phi) is 7.63. The lowest BCUT2D eigenvalue weighted by Crippen LogP contribution is -2.30. The number of rotatable bonds is 7. The van der Waals surface area contributed by atoms with Crippen molar-refractivity contribution in [2.45, 2.75) is 24.8 Å². The Morgan fingerprint density at radius 3 is 2.36 bits per heavy atom. The van der Waals surface area contributed by atoms with E-state index in [4.69, 9.17) is 4.74 Å². The first kappa shape index (κ1) is 21.5. The minimum atomic E-state index is -0.963. The molecule has 0 saturated carbocycles. The summed E-state index contributed by atoms with van der Waals surface area (Å²) in [5, 5.41) is 2.72. The Morgan fingerprint density at radius 1 is 1.07 bits per heavy atom. The minimum absolute atomic E-state index is 0.0565. The number of esters is 1. The topological polar surface area (TPSA) is 75.7 Å². The molecular weight excluding hydrogens is 376 g/mol. The summed E-state index contributed by atoms with van der Waals surface area (Å²) in [7, 11) is 3.36. The standard InChI is InChI=1S/C21H24N2O4S/c1-14-9-11-16(12-10-14)22-20(25)15(2)27-21(26)17-7-5-6-8-18(17)28-13-19(24)23(3)4/h5-12,15H,13H2,1-4H3,(H,22,25)/t15-/m1/s1. The van der Waals surface area contributed by atoms with Crippen molar-refractivity contribution in [1.82, 2.24) is 4.90 Å². The molecule has 6 nitrogen and oxygen atoms in total. The van der Waals surface area contributed by atoms with Crippen LogP contribution in [0.2, 0.25) is 0 Å². The summed E-state index contributed by atoms with van der Waals surface area (Å²) in [5.74, 6) is -0.864. The molecule has 0 saturated heterocycles. The number of hydrogen-bond donors (Lipinski definition) is 1. The normalized spacial score (nSPS) is 11.4. The van der Waals surface area contributed by atoms with Crippen molar-refractivity contribution in [3.8, 4) is 0 Å². The maximum Gasteiger partial charge on any atom is 0.340 e. The van der Waals surface area contributed by atoms with Crippen LogP contribution in [0, 0.1) is 6.92 Å². The van der Waals surface area contributed by atoms with Gasteiger partial charge in [-0.25, -0.2) is 4.79 Å². The summed E-state index contributed by atoms with van der Waals surface area (Å²) >= 11 is 1.26. The highest BCUT2D eigenvalue weighted by Crippen LogP contribution is 2.24. The van der Waals surface area contributed by atoms with Crippen LogP contribution in [0.3, 0.4) is 0 Å². The van der Waals surface area contributed by atoms with E-state index >= 15 is 0 Å². The average molecular weight is 401 g/mol. The number of ether oxygens (including phenoxy) is 1. The highest BCUT2D eigenvalue weighted by molar-refractivity contribution is 8.00. The van der Waals surface area contributed by atoms with Crippen molar-refractivity contribution in [3.05, 3.63) is 59.7 Å². The third-order valence-corrected chi connectivity index (χ3v) is 4.99. The van der Waals surface area contributed by atoms with Gasteiger partial charge in [0.2, 0.25) is 5.91 Å². The van der Waals surface area contributed by atoms with Gasteiger partial charge in [-0.3, -0.25) is 9.59 Å². The first-order valence-corrected chi connectivity index (χ1v) is 9.77. The van der Waals surface area contributed by atoms with Crippen molar-refractivity contribution in [2.24, 2.45) is 0 Å². The smallest absolute Gasteiger partial charge is 0.340 e. The fraction of sp³-hybridized carbons (Fsp3) is 0.286. The highest BCUT2D eigenvalue weighted by Gasteiger charge is 2.21. The van der Waals surface area contributed by atoms with E-state index in [0.29, 0.717) is 16.1 Å². The molecule has 0 unspecified atom stereocenters. The van der Waals surface area contributed by atoms with E-state index in [1.807, 2.05) is 19.1 Å². The zero-order chi connectivity index (χ0) is 20.7. The molecule has 0 aromatic heterocycles. The van der Waals surface area contributed by atoms with Crippen molar-refractivity contribution in [2.75, 3.05) is 25.2 Å². The molecule has 2 rings (SSSR count). The van der Waals surface area contributed by atoms with Gasteiger partial charge in [0.25, 0.3) is 5.91 Å². The van der Waals surface area contributed by atoms with Gasteiger partial charge < -0.3 is 15.0 Å². The molecular formula is C21H24N2O4S. The molecule has 0 fully saturated rings. The van der Waals surface area contributed by atoms with Crippen LogP contribution in [-0.2, 0) is 14.3 Å². The number of thioether (sulfide) groups is 1. The molecule has 2 aromatic carbocycles. The molecule has 0 aliphatic carbocycles. The second-order valence-corrected chi connectivity index (χ2v) is 7.49. The number of nitrogens with one attached hydrogen (secondary N) is 1. The molecule has 0 bridgehead atoms. The number of hydrogen-bond acceptors (Lipinski definition) is 5. The van der Waals surface area contributed by atoms with E-state index < -0.39 is 18.0 Å². The number of aryl methyl sites for hydroxylation is 1. The second kappa shape index (κ2) is 9.94. The minimum Gasteiger partial charge on any atom is -0.449 e. The molecule has 148 valence electrons. The largest absolute Gasteiger partial charge is 0.449 e. The van der Waals surface area contributed by atoms with Crippen LogP contribution in [0.5, 0.6) is 0 Å². The number of carbonyl (C=O) groups excluding carboxylic acids is 3.